The number of nitrogens with zero attached hydrogens (tertiary/aromatic N) is 4. The lowest BCUT2D eigenvalue weighted by Gasteiger charge is -2.32. The highest BCUT2D eigenvalue weighted by Crippen LogP contribution is 2.36. The molecule has 7 nitrogen and oxygen atoms in total. The Morgan fingerprint density at radius 3 is 2.22 bits per heavy atom. The molecule has 27 heavy (non-hydrogen) atoms. The van der Waals surface area contributed by atoms with Crippen molar-refractivity contribution in [2.24, 2.45) is 0 Å². The fourth-order valence-corrected chi connectivity index (χ4v) is 3.64. The number of rotatable bonds is 4. The Hall–Kier alpha value is -1.67. The highest BCUT2D eigenvalue weighted by Gasteiger charge is 2.52. The summed E-state index contributed by atoms with van der Waals surface area (Å²) in [5.74, 6) is 0.805. The Morgan fingerprint density at radius 1 is 1.22 bits per heavy atom. The first kappa shape index (κ1) is 20.1. The molecule has 2 aliphatic rings. The largest absolute Gasteiger partial charge is 0.498 e. The molecule has 0 aliphatic carbocycles. The van der Waals surface area contributed by atoms with Crippen LogP contribution >= 0.6 is 0 Å². The van der Waals surface area contributed by atoms with Gasteiger partial charge in [-0.3, -0.25) is 4.79 Å². The average molecular weight is 374 g/mol. The van der Waals surface area contributed by atoms with Gasteiger partial charge in [-0.2, -0.15) is 0 Å². The Balaban J connectivity index is 1.76. The molecule has 0 radical (unpaired) electrons. The number of amides is 1. The Kier molecular flexibility index (Phi) is 5.25. The van der Waals surface area contributed by atoms with Gasteiger partial charge in [0.1, 0.15) is 0 Å². The van der Waals surface area contributed by atoms with Gasteiger partial charge in [-0.1, -0.05) is 0 Å². The molecule has 148 valence electrons. The molecule has 1 unspecified atom stereocenters. The fourth-order valence-electron chi connectivity index (χ4n) is 3.64. The van der Waals surface area contributed by atoms with Gasteiger partial charge in [0.2, 0.25) is 11.9 Å². The molecule has 1 aromatic rings. The van der Waals surface area contributed by atoms with E-state index >= 15 is 0 Å². The minimum Gasteiger partial charge on any atom is -0.399 e. The van der Waals surface area contributed by atoms with E-state index in [1.54, 1.807) is 19.3 Å². The highest BCUT2D eigenvalue weighted by atomic mass is 16.7. The van der Waals surface area contributed by atoms with Crippen LogP contribution in [0.15, 0.2) is 12.4 Å². The van der Waals surface area contributed by atoms with Gasteiger partial charge >= 0.3 is 7.12 Å². The molecule has 0 spiro atoms. The van der Waals surface area contributed by atoms with Crippen LogP contribution in [0.1, 0.15) is 54.9 Å². The SMILES string of the molecule is CC(=O)N1CCC(N(c2ncc(B3OC(C)(C)C(C)(C)O3)cn2)C(C)C)C1. The smallest absolute Gasteiger partial charge is 0.399 e. The second-order valence-corrected chi connectivity index (χ2v) is 8.81. The van der Waals surface area contributed by atoms with E-state index in [1.165, 1.54) is 0 Å². The van der Waals surface area contributed by atoms with Crippen LogP contribution in [0.5, 0.6) is 0 Å². The molecule has 2 saturated heterocycles. The first-order valence-electron chi connectivity index (χ1n) is 9.73. The number of aromatic nitrogens is 2. The summed E-state index contributed by atoms with van der Waals surface area (Å²) in [6.07, 6.45) is 4.51. The molecule has 8 heteroatoms. The van der Waals surface area contributed by atoms with Crippen LogP contribution in [0.3, 0.4) is 0 Å². The van der Waals surface area contributed by atoms with Crippen molar-refractivity contribution in [3.63, 3.8) is 0 Å². The van der Waals surface area contributed by atoms with Crippen molar-refractivity contribution < 1.29 is 14.1 Å². The number of carbonyl (C=O) groups is 1. The van der Waals surface area contributed by atoms with Crippen molar-refractivity contribution in [1.82, 2.24) is 14.9 Å². The summed E-state index contributed by atoms with van der Waals surface area (Å²) < 4.78 is 12.2. The first-order valence-corrected chi connectivity index (χ1v) is 9.73. The van der Waals surface area contributed by atoms with Gasteiger partial charge in [0, 0.05) is 43.9 Å². The number of hydrogen-bond donors (Lipinski definition) is 0. The van der Waals surface area contributed by atoms with E-state index < -0.39 is 7.12 Å². The molecule has 3 heterocycles. The summed E-state index contributed by atoms with van der Waals surface area (Å²) in [5.41, 5.74) is 0.0403. The van der Waals surface area contributed by atoms with Gasteiger partial charge in [0.15, 0.2) is 0 Å². The van der Waals surface area contributed by atoms with Gasteiger partial charge in [0.25, 0.3) is 0 Å². The maximum absolute atomic E-state index is 11.7. The van der Waals surface area contributed by atoms with E-state index in [9.17, 15) is 4.79 Å². The molecule has 0 aromatic carbocycles. The van der Waals surface area contributed by atoms with E-state index in [1.807, 2.05) is 32.6 Å². The van der Waals surface area contributed by atoms with Crippen molar-refractivity contribution in [2.75, 3.05) is 18.0 Å². The van der Waals surface area contributed by atoms with Crippen molar-refractivity contribution in [1.29, 1.82) is 0 Å². The molecule has 1 aromatic heterocycles. The van der Waals surface area contributed by atoms with Crippen LogP contribution in [0.2, 0.25) is 0 Å². The van der Waals surface area contributed by atoms with Gasteiger partial charge in [-0.25, -0.2) is 9.97 Å². The fraction of sp³-hybridized carbons (Fsp3) is 0.737. The van der Waals surface area contributed by atoms with Gasteiger partial charge in [0.05, 0.1) is 17.2 Å². The van der Waals surface area contributed by atoms with Crippen LogP contribution in [0.4, 0.5) is 5.95 Å². The lowest BCUT2D eigenvalue weighted by Crippen LogP contribution is -2.44. The first-order chi connectivity index (χ1) is 12.5. The van der Waals surface area contributed by atoms with Gasteiger partial charge in [-0.05, 0) is 48.0 Å². The third-order valence-electron chi connectivity index (χ3n) is 5.97. The van der Waals surface area contributed by atoms with E-state index in [4.69, 9.17) is 9.31 Å². The zero-order valence-electron chi connectivity index (χ0n) is 17.5. The summed E-state index contributed by atoms with van der Waals surface area (Å²) in [6, 6.07) is 0.473. The molecule has 0 saturated carbocycles. The van der Waals surface area contributed by atoms with Gasteiger partial charge in [-0.15, -0.1) is 0 Å². The van der Waals surface area contributed by atoms with Crippen LogP contribution < -0.4 is 10.4 Å². The minimum atomic E-state index is -0.462. The number of anilines is 1. The molecular formula is C19H31BN4O3. The standard InChI is InChI=1S/C19H31BN4O3/c1-13(2)24(16-8-9-23(12-16)14(3)25)17-21-10-15(11-22-17)20-26-18(4,5)19(6,7)27-20/h10-11,13,16H,8-9,12H2,1-7H3. The molecule has 0 N–H and O–H groups in total. The third-order valence-corrected chi connectivity index (χ3v) is 5.97. The maximum Gasteiger partial charge on any atom is 0.498 e. The quantitative estimate of drug-likeness (QED) is 0.746. The third kappa shape index (κ3) is 3.83. The molecule has 1 atom stereocenters. The summed E-state index contributed by atoms with van der Waals surface area (Å²) in [4.78, 5) is 25.0. The van der Waals surface area contributed by atoms with E-state index in [2.05, 4.69) is 28.7 Å². The minimum absolute atomic E-state index is 0.123. The second kappa shape index (κ2) is 7.06. The zero-order valence-corrected chi connectivity index (χ0v) is 17.5. The lowest BCUT2D eigenvalue weighted by molar-refractivity contribution is -0.127. The zero-order chi connectivity index (χ0) is 20.0. The van der Waals surface area contributed by atoms with Crippen molar-refractivity contribution >= 4 is 24.4 Å². The van der Waals surface area contributed by atoms with Crippen LogP contribution in [0, 0.1) is 0 Å². The van der Waals surface area contributed by atoms with E-state index in [0.717, 1.165) is 25.0 Å². The molecule has 2 fully saturated rings. The molecule has 3 rings (SSSR count). The summed E-state index contributed by atoms with van der Waals surface area (Å²) in [6.45, 7) is 15.5. The predicted octanol–water partition coefficient (Wildman–Crippen LogP) is 1.61. The molecular weight excluding hydrogens is 343 g/mol. The number of hydrogen-bond acceptors (Lipinski definition) is 6. The van der Waals surface area contributed by atoms with E-state index in [-0.39, 0.29) is 29.2 Å². The summed E-state index contributed by atoms with van der Waals surface area (Å²) in [5, 5.41) is 0. The maximum atomic E-state index is 11.7. The Labute approximate surface area is 162 Å². The van der Waals surface area contributed by atoms with E-state index in [0.29, 0.717) is 5.95 Å². The highest BCUT2D eigenvalue weighted by molar-refractivity contribution is 6.61. The molecule has 0 bridgehead atoms. The monoisotopic (exact) mass is 374 g/mol. The second-order valence-electron chi connectivity index (χ2n) is 8.81. The Morgan fingerprint density at radius 2 is 1.78 bits per heavy atom. The van der Waals surface area contributed by atoms with Crippen LogP contribution in [-0.2, 0) is 14.1 Å². The molecule has 2 aliphatic heterocycles. The lowest BCUT2D eigenvalue weighted by atomic mass is 9.81. The number of likely N-dealkylation sites (tertiary alicyclic amines) is 1. The molecule has 1 amide bonds. The van der Waals surface area contributed by atoms with Gasteiger partial charge < -0.3 is 19.1 Å². The van der Waals surface area contributed by atoms with Crippen molar-refractivity contribution in [3.8, 4) is 0 Å². The average Bonchev–Trinajstić information content (AvgIpc) is 3.11. The van der Waals surface area contributed by atoms with Crippen LogP contribution in [0.25, 0.3) is 0 Å². The number of carbonyl (C=O) groups excluding carboxylic acids is 1. The van der Waals surface area contributed by atoms with Crippen molar-refractivity contribution in [2.45, 2.75) is 78.2 Å². The normalized spacial score (nSPS) is 23.9. The topological polar surface area (TPSA) is 67.8 Å². The van der Waals surface area contributed by atoms with Crippen molar-refractivity contribution in [3.05, 3.63) is 12.4 Å². The summed E-state index contributed by atoms with van der Waals surface area (Å²) >= 11 is 0. The van der Waals surface area contributed by atoms with Crippen LogP contribution in [-0.4, -0.2) is 64.3 Å². The predicted molar refractivity (Wildman–Crippen MR) is 106 cm³/mol. The summed E-state index contributed by atoms with van der Waals surface area (Å²) in [7, 11) is -0.462. The Bertz CT molecular complexity index is 677.